The van der Waals surface area contributed by atoms with Crippen LogP contribution in [0, 0.1) is 5.92 Å². The molecule has 19 heavy (non-hydrogen) atoms. The molecule has 0 bridgehead atoms. The highest BCUT2D eigenvalue weighted by Crippen LogP contribution is 2.23. The summed E-state index contributed by atoms with van der Waals surface area (Å²) in [6, 6.07) is 0.808. The van der Waals surface area contributed by atoms with E-state index in [9.17, 15) is 4.79 Å². The molecule has 0 saturated carbocycles. The molecule has 0 aromatic heterocycles. The number of hydrogen-bond acceptors (Lipinski definition) is 3. The van der Waals surface area contributed by atoms with Crippen molar-refractivity contribution >= 4 is 5.91 Å². The third-order valence-corrected chi connectivity index (χ3v) is 4.92. The Morgan fingerprint density at radius 2 is 1.68 bits per heavy atom. The Morgan fingerprint density at radius 3 is 2.21 bits per heavy atom. The van der Waals surface area contributed by atoms with Gasteiger partial charge in [0.15, 0.2) is 0 Å². The summed E-state index contributed by atoms with van der Waals surface area (Å²) in [4.78, 5) is 18.3. The van der Waals surface area contributed by atoms with Crippen molar-refractivity contribution < 1.29 is 4.79 Å². The minimum Gasteiger partial charge on any atom is -0.346 e. The molecule has 4 heteroatoms. The molecule has 2 aliphatic heterocycles. The van der Waals surface area contributed by atoms with Gasteiger partial charge in [-0.1, -0.05) is 0 Å². The van der Waals surface area contributed by atoms with Crippen molar-refractivity contribution in [3.8, 4) is 0 Å². The van der Waals surface area contributed by atoms with Crippen LogP contribution in [-0.2, 0) is 4.79 Å². The van der Waals surface area contributed by atoms with Gasteiger partial charge in [-0.25, -0.2) is 0 Å². The summed E-state index contributed by atoms with van der Waals surface area (Å²) in [5, 5.41) is 0. The van der Waals surface area contributed by atoms with Crippen molar-refractivity contribution in [2.75, 3.05) is 46.8 Å². The van der Waals surface area contributed by atoms with Gasteiger partial charge in [-0.15, -0.1) is 0 Å². The average molecular weight is 267 g/mol. The lowest BCUT2D eigenvalue weighted by molar-refractivity contribution is -0.128. The molecular weight excluding hydrogens is 238 g/mol. The van der Waals surface area contributed by atoms with Gasteiger partial charge in [0.1, 0.15) is 0 Å². The van der Waals surface area contributed by atoms with Gasteiger partial charge < -0.3 is 14.7 Å². The molecule has 2 heterocycles. The van der Waals surface area contributed by atoms with Gasteiger partial charge in [-0.2, -0.15) is 0 Å². The molecule has 2 aliphatic rings. The molecule has 4 nitrogen and oxygen atoms in total. The van der Waals surface area contributed by atoms with Gasteiger partial charge in [-0.3, -0.25) is 4.79 Å². The summed E-state index contributed by atoms with van der Waals surface area (Å²) in [5.41, 5.74) is 0. The fourth-order valence-electron chi connectivity index (χ4n) is 3.38. The van der Waals surface area contributed by atoms with Crippen molar-refractivity contribution in [3.63, 3.8) is 0 Å². The zero-order valence-corrected chi connectivity index (χ0v) is 12.8. The van der Waals surface area contributed by atoms with Crippen molar-refractivity contribution in [1.29, 1.82) is 0 Å². The Bertz CT molecular complexity index is 292. The molecule has 0 radical (unpaired) electrons. The Kier molecular flexibility index (Phi) is 5.22. The van der Waals surface area contributed by atoms with E-state index in [0.29, 0.717) is 5.92 Å². The second-order valence-corrected chi connectivity index (χ2v) is 6.41. The normalized spacial score (nSPS) is 24.6. The number of carbonyl (C=O) groups excluding carboxylic acids is 1. The minimum atomic E-state index is 0.192. The molecule has 2 fully saturated rings. The second-order valence-electron chi connectivity index (χ2n) is 6.41. The van der Waals surface area contributed by atoms with E-state index in [0.717, 1.165) is 12.6 Å². The van der Waals surface area contributed by atoms with E-state index in [1.54, 1.807) is 6.92 Å². The van der Waals surface area contributed by atoms with Crippen LogP contribution in [0.2, 0.25) is 0 Å². The van der Waals surface area contributed by atoms with Gasteiger partial charge in [0, 0.05) is 26.6 Å². The Balaban J connectivity index is 1.72. The maximum atomic E-state index is 11.3. The zero-order valence-electron chi connectivity index (χ0n) is 12.8. The summed E-state index contributed by atoms with van der Waals surface area (Å²) >= 11 is 0. The van der Waals surface area contributed by atoms with Crippen LogP contribution in [0.5, 0.6) is 0 Å². The molecule has 0 aliphatic carbocycles. The van der Waals surface area contributed by atoms with E-state index >= 15 is 0 Å². The highest BCUT2D eigenvalue weighted by atomic mass is 16.2. The summed E-state index contributed by atoms with van der Waals surface area (Å²) in [6.45, 7) is 7.55. The number of amides is 1. The maximum absolute atomic E-state index is 11.3. The topological polar surface area (TPSA) is 26.8 Å². The molecule has 0 aromatic rings. The molecule has 0 atom stereocenters. The van der Waals surface area contributed by atoms with Crippen LogP contribution in [0.4, 0.5) is 0 Å². The average Bonchev–Trinajstić information content (AvgIpc) is 2.40. The molecule has 0 unspecified atom stereocenters. The lowest BCUT2D eigenvalue weighted by Gasteiger charge is -2.41. The zero-order chi connectivity index (χ0) is 13.8. The molecule has 0 N–H and O–H groups in total. The standard InChI is InChI=1S/C15H29N3O/c1-13(19)17(3)12-14-4-10-18(11-5-14)15-6-8-16(2)9-7-15/h14-15H,4-12H2,1-3H3. The summed E-state index contributed by atoms with van der Waals surface area (Å²) in [6.07, 6.45) is 5.16. The molecule has 110 valence electrons. The van der Waals surface area contributed by atoms with Crippen LogP contribution < -0.4 is 0 Å². The molecule has 0 spiro atoms. The fraction of sp³-hybridized carbons (Fsp3) is 0.933. The van der Waals surface area contributed by atoms with Gasteiger partial charge in [0.25, 0.3) is 0 Å². The monoisotopic (exact) mass is 267 g/mol. The molecular formula is C15H29N3O. The maximum Gasteiger partial charge on any atom is 0.219 e. The van der Waals surface area contributed by atoms with Crippen LogP contribution in [0.1, 0.15) is 32.6 Å². The SMILES string of the molecule is CC(=O)N(C)CC1CCN(C2CCN(C)CC2)CC1. The van der Waals surface area contributed by atoms with E-state index in [1.165, 1.54) is 51.9 Å². The highest BCUT2D eigenvalue weighted by Gasteiger charge is 2.27. The van der Waals surface area contributed by atoms with E-state index in [4.69, 9.17) is 0 Å². The van der Waals surface area contributed by atoms with E-state index in [2.05, 4.69) is 16.8 Å². The van der Waals surface area contributed by atoms with E-state index in [1.807, 2.05) is 11.9 Å². The summed E-state index contributed by atoms with van der Waals surface area (Å²) in [7, 11) is 4.14. The van der Waals surface area contributed by atoms with Crippen LogP contribution in [0.3, 0.4) is 0 Å². The summed E-state index contributed by atoms with van der Waals surface area (Å²) in [5.74, 6) is 0.897. The van der Waals surface area contributed by atoms with Crippen molar-refractivity contribution in [2.45, 2.75) is 38.6 Å². The first kappa shape index (κ1) is 14.8. The van der Waals surface area contributed by atoms with E-state index in [-0.39, 0.29) is 5.91 Å². The first-order chi connectivity index (χ1) is 9.06. The number of rotatable bonds is 3. The van der Waals surface area contributed by atoms with Gasteiger partial charge in [0.05, 0.1) is 0 Å². The van der Waals surface area contributed by atoms with Gasteiger partial charge in [0.2, 0.25) is 5.91 Å². The number of carbonyl (C=O) groups is 1. The van der Waals surface area contributed by atoms with Crippen LogP contribution in [0.15, 0.2) is 0 Å². The lowest BCUT2D eigenvalue weighted by atomic mass is 9.93. The first-order valence-electron chi connectivity index (χ1n) is 7.70. The predicted octanol–water partition coefficient (Wildman–Crippen LogP) is 1.27. The van der Waals surface area contributed by atoms with Crippen LogP contribution >= 0.6 is 0 Å². The highest BCUT2D eigenvalue weighted by molar-refractivity contribution is 5.72. The third-order valence-electron chi connectivity index (χ3n) is 4.92. The Labute approximate surface area is 117 Å². The Morgan fingerprint density at radius 1 is 1.11 bits per heavy atom. The molecule has 2 saturated heterocycles. The Hall–Kier alpha value is -0.610. The van der Waals surface area contributed by atoms with Crippen molar-refractivity contribution in [3.05, 3.63) is 0 Å². The number of hydrogen-bond donors (Lipinski definition) is 0. The van der Waals surface area contributed by atoms with Crippen molar-refractivity contribution in [1.82, 2.24) is 14.7 Å². The summed E-state index contributed by atoms with van der Waals surface area (Å²) < 4.78 is 0. The first-order valence-corrected chi connectivity index (χ1v) is 7.70. The molecule has 2 rings (SSSR count). The van der Waals surface area contributed by atoms with Gasteiger partial charge >= 0.3 is 0 Å². The quantitative estimate of drug-likeness (QED) is 0.770. The van der Waals surface area contributed by atoms with Gasteiger partial charge in [-0.05, 0) is 64.8 Å². The number of nitrogens with zero attached hydrogens (tertiary/aromatic N) is 3. The van der Waals surface area contributed by atoms with Crippen LogP contribution in [-0.4, -0.2) is 73.5 Å². The smallest absolute Gasteiger partial charge is 0.219 e. The molecule has 1 amide bonds. The number of piperidine rings is 2. The molecule has 0 aromatic carbocycles. The number of likely N-dealkylation sites (tertiary alicyclic amines) is 2. The predicted molar refractivity (Wildman–Crippen MR) is 78.1 cm³/mol. The lowest BCUT2D eigenvalue weighted by Crippen LogP contribution is -2.48. The third kappa shape index (κ3) is 4.18. The van der Waals surface area contributed by atoms with E-state index < -0.39 is 0 Å². The van der Waals surface area contributed by atoms with Crippen LogP contribution in [0.25, 0.3) is 0 Å². The van der Waals surface area contributed by atoms with Crippen molar-refractivity contribution in [2.24, 2.45) is 5.92 Å². The minimum absolute atomic E-state index is 0.192. The second kappa shape index (κ2) is 6.71. The largest absolute Gasteiger partial charge is 0.346 e. The fourth-order valence-corrected chi connectivity index (χ4v) is 3.38.